The van der Waals surface area contributed by atoms with Crippen LogP contribution in [0.25, 0.3) is 0 Å². The van der Waals surface area contributed by atoms with Crippen molar-refractivity contribution < 1.29 is 4.74 Å². The minimum Gasteiger partial charge on any atom is -0.481 e. The van der Waals surface area contributed by atoms with Crippen LogP contribution in [0.1, 0.15) is 43.7 Å². The van der Waals surface area contributed by atoms with Crippen LogP contribution in [0, 0.1) is 12.3 Å². The highest BCUT2D eigenvalue weighted by atomic mass is 16.5. The lowest BCUT2D eigenvalue weighted by Gasteiger charge is -2.34. The Morgan fingerprint density at radius 3 is 2.79 bits per heavy atom. The summed E-state index contributed by atoms with van der Waals surface area (Å²) in [5.74, 6) is 3.36. The van der Waals surface area contributed by atoms with Crippen LogP contribution in [-0.4, -0.2) is 24.1 Å². The summed E-state index contributed by atoms with van der Waals surface area (Å²) in [5, 5.41) is 0. The molecule has 2 nitrogen and oxygen atoms in total. The maximum atomic E-state index is 5.43. The predicted octanol–water partition coefficient (Wildman–Crippen LogP) is 3.39. The fourth-order valence-electron chi connectivity index (χ4n) is 3.53. The first-order chi connectivity index (χ1) is 9.38. The Morgan fingerprint density at radius 2 is 2.00 bits per heavy atom. The van der Waals surface area contributed by atoms with E-state index < -0.39 is 0 Å². The Hall–Kier alpha value is -1.46. The normalized spacial score (nSPS) is 26.7. The zero-order valence-electron chi connectivity index (χ0n) is 11.3. The SMILES string of the molecule is C#CCOc1ccc(C2CCC3CCCCN32)cc1. The largest absolute Gasteiger partial charge is 0.481 e. The Bertz CT molecular complexity index is 459. The van der Waals surface area contributed by atoms with E-state index in [1.54, 1.807) is 0 Å². The van der Waals surface area contributed by atoms with E-state index in [2.05, 4.69) is 23.0 Å². The topological polar surface area (TPSA) is 12.5 Å². The molecule has 2 atom stereocenters. The number of fused-ring (bicyclic) bond motifs is 1. The highest BCUT2D eigenvalue weighted by Crippen LogP contribution is 2.40. The van der Waals surface area contributed by atoms with Gasteiger partial charge in [-0.25, -0.2) is 0 Å². The van der Waals surface area contributed by atoms with Gasteiger partial charge in [-0.1, -0.05) is 24.5 Å². The van der Waals surface area contributed by atoms with Gasteiger partial charge in [0.05, 0.1) is 0 Å². The Kier molecular flexibility index (Phi) is 3.75. The number of rotatable bonds is 3. The lowest BCUT2D eigenvalue weighted by atomic mass is 10.0. The van der Waals surface area contributed by atoms with E-state index in [0.29, 0.717) is 12.6 Å². The smallest absolute Gasteiger partial charge is 0.148 e. The number of hydrogen-bond acceptors (Lipinski definition) is 2. The first kappa shape index (κ1) is 12.6. The van der Waals surface area contributed by atoms with Crippen molar-refractivity contribution in [3.63, 3.8) is 0 Å². The summed E-state index contributed by atoms with van der Waals surface area (Å²) in [6, 6.07) is 9.94. The summed E-state index contributed by atoms with van der Waals surface area (Å²) in [4.78, 5) is 2.71. The van der Waals surface area contributed by atoms with Crippen molar-refractivity contribution in [2.45, 2.75) is 44.2 Å². The number of nitrogens with zero attached hydrogens (tertiary/aromatic N) is 1. The van der Waals surface area contributed by atoms with Gasteiger partial charge < -0.3 is 4.74 Å². The highest BCUT2D eigenvalue weighted by Gasteiger charge is 2.35. The Labute approximate surface area is 115 Å². The molecule has 0 saturated carbocycles. The average molecular weight is 255 g/mol. The second-order valence-electron chi connectivity index (χ2n) is 5.54. The van der Waals surface area contributed by atoms with Gasteiger partial charge >= 0.3 is 0 Å². The number of terminal acetylenes is 1. The monoisotopic (exact) mass is 255 g/mol. The van der Waals surface area contributed by atoms with Gasteiger partial charge in [0, 0.05) is 12.1 Å². The first-order valence-corrected chi connectivity index (χ1v) is 7.30. The zero-order chi connectivity index (χ0) is 13.1. The molecule has 0 bridgehead atoms. The van der Waals surface area contributed by atoms with Gasteiger partial charge in [-0.2, -0.15) is 0 Å². The maximum absolute atomic E-state index is 5.43. The van der Waals surface area contributed by atoms with Crippen LogP contribution in [-0.2, 0) is 0 Å². The summed E-state index contributed by atoms with van der Waals surface area (Å²) in [6.45, 7) is 1.61. The van der Waals surface area contributed by atoms with Crippen molar-refractivity contribution in [3.8, 4) is 18.1 Å². The van der Waals surface area contributed by atoms with Crippen LogP contribution in [0.15, 0.2) is 24.3 Å². The minimum atomic E-state index is 0.344. The molecular weight excluding hydrogens is 234 g/mol. The Balaban J connectivity index is 1.70. The fraction of sp³-hybridized carbons (Fsp3) is 0.529. The number of hydrogen-bond donors (Lipinski definition) is 0. The van der Waals surface area contributed by atoms with Gasteiger partial charge in [-0.05, 0) is 49.9 Å². The lowest BCUT2D eigenvalue weighted by molar-refractivity contribution is 0.150. The first-order valence-electron chi connectivity index (χ1n) is 7.30. The van der Waals surface area contributed by atoms with Gasteiger partial charge in [0.2, 0.25) is 0 Å². The van der Waals surface area contributed by atoms with Crippen molar-refractivity contribution in [1.82, 2.24) is 4.90 Å². The van der Waals surface area contributed by atoms with E-state index in [1.165, 1.54) is 44.2 Å². The van der Waals surface area contributed by atoms with Gasteiger partial charge in [-0.3, -0.25) is 4.90 Å². The molecule has 2 aliphatic rings. The molecule has 0 aromatic heterocycles. The van der Waals surface area contributed by atoms with Crippen molar-refractivity contribution in [1.29, 1.82) is 0 Å². The van der Waals surface area contributed by atoms with Gasteiger partial charge in [0.25, 0.3) is 0 Å². The number of benzene rings is 1. The molecule has 0 amide bonds. The van der Waals surface area contributed by atoms with E-state index in [0.717, 1.165) is 11.8 Å². The van der Waals surface area contributed by atoms with Crippen LogP contribution in [0.3, 0.4) is 0 Å². The molecule has 0 N–H and O–H groups in total. The number of piperidine rings is 1. The molecule has 1 aromatic carbocycles. The van der Waals surface area contributed by atoms with Crippen molar-refractivity contribution in [2.75, 3.05) is 13.2 Å². The van der Waals surface area contributed by atoms with Crippen LogP contribution in [0.5, 0.6) is 5.75 Å². The molecule has 2 aliphatic heterocycles. The number of ether oxygens (including phenoxy) is 1. The molecule has 0 radical (unpaired) electrons. The van der Waals surface area contributed by atoms with Crippen LogP contribution in [0.4, 0.5) is 0 Å². The maximum Gasteiger partial charge on any atom is 0.148 e. The van der Waals surface area contributed by atoms with Crippen molar-refractivity contribution in [2.24, 2.45) is 0 Å². The molecule has 0 aliphatic carbocycles. The minimum absolute atomic E-state index is 0.344. The second-order valence-corrected chi connectivity index (χ2v) is 5.54. The van der Waals surface area contributed by atoms with Gasteiger partial charge in [-0.15, -0.1) is 6.42 Å². The summed E-state index contributed by atoms with van der Waals surface area (Å²) in [5.41, 5.74) is 1.43. The summed E-state index contributed by atoms with van der Waals surface area (Å²) < 4.78 is 5.43. The summed E-state index contributed by atoms with van der Waals surface area (Å²) >= 11 is 0. The lowest BCUT2D eigenvalue weighted by Crippen LogP contribution is -2.35. The molecule has 2 fully saturated rings. The Morgan fingerprint density at radius 1 is 1.16 bits per heavy atom. The van der Waals surface area contributed by atoms with Gasteiger partial charge in [0.15, 0.2) is 0 Å². The quantitative estimate of drug-likeness (QED) is 0.768. The molecule has 19 heavy (non-hydrogen) atoms. The molecule has 2 heteroatoms. The van der Waals surface area contributed by atoms with Crippen molar-refractivity contribution in [3.05, 3.63) is 29.8 Å². The molecule has 2 unspecified atom stereocenters. The van der Waals surface area contributed by atoms with Crippen LogP contribution < -0.4 is 4.74 Å². The predicted molar refractivity (Wildman–Crippen MR) is 77.1 cm³/mol. The van der Waals surface area contributed by atoms with Crippen molar-refractivity contribution >= 4 is 0 Å². The molecule has 0 spiro atoms. The molecule has 3 rings (SSSR count). The fourth-order valence-corrected chi connectivity index (χ4v) is 3.53. The highest BCUT2D eigenvalue weighted by molar-refractivity contribution is 5.30. The molecule has 1 aromatic rings. The zero-order valence-corrected chi connectivity index (χ0v) is 11.3. The van der Waals surface area contributed by atoms with E-state index in [4.69, 9.17) is 11.2 Å². The summed E-state index contributed by atoms with van der Waals surface area (Å²) in [6.07, 6.45) is 12.0. The molecule has 2 heterocycles. The van der Waals surface area contributed by atoms with E-state index in [-0.39, 0.29) is 0 Å². The molecule has 100 valence electrons. The van der Waals surface area contributed by atoms with E-state index >= 15 is 0 Å². The standard InChI is InChI=1S/C17H21NO/c1-2-13-19-16-9-6-14(7-10-16)17-11-8-15-5-3-4-12-18(15)17/h1,6-7,9-10,15,17H,3-5,8,11-13H2. The van der Waals surface area contributed by atoms with Crippen LogP contribution >= 0.6 is 0 Å². The third-order valence-electron chi connectivity index (χ3n) is 4.43. The average Bonchev–Trinajstić information content (AvgIpc) is 2.90. The molecule has 2 saturated heterocycles. The van der Waals surface area contributed by atoms with E-state index in [1.807, 2.05) is 12.1 Å². The van der Waals surface area contributed by atoms with E-state index in [9.17, 15) is 0 Å². The third kappa shape index (κ3) is 2.62. The summed E-state index contributed by atoms with van der Waals surface area (Å²) in [7, 11) is 0. The second kappa shape index (κ2) is 5.67. The van der Waals surface area contributed by atoms with Crippen LogP contribution in [0.2, 0.25) is 0 Å². The van der Waals surface area contributed by atoms with Gasteiger partial charge in [0.1, 0.15) is 12.4 Å². The molecular formula is C17H21NO. The third-order valence-corrected chi connectivity index (χ3v) is 4.43.